The molecular weight excluding hydrogens is 318 g/mol. The lowest BCUT2D eigenvalue weighted by Gasteiger charge is -2.32. The first-order valence-corrected chi connectivity index (χ1v) is 8.76. The molecule has 0 bridgehead atoms. The third kappa shape index (κ3) is 4.79. The van der Waals surface area contributed by atoms with Crippen LogP contribution in [0.3, 0.4) is 0 Å². The molecule has 1 saturated carbocycles. The molecule has 0 atom stereocenters. The van der Waals surface area contributed by atoms with Gasteiger partial charge in [-0.2, -0.15) is 5.10 Å². The van der Waals surface area contributed by atoms with Gasteiger partial charge < -0.3 is 10.4 Å². The van der Waals surface area contributed by atoms with E-state index in [1.807, 2.05) is 31.2 Å². The molecule has 3 rings (SSSR count). The molecule has 2 aromatic rings. The van der Waals surface area contributed by atoms with Gasteiger partial charge in [-0.05, 0) is 31.9 Å². The predicted molar refractivity (Wildman–Crippen MR) is 95.4 cm³/mol. The maximum absolute atomic E-state index is 12.2. The van der Waals surface area contributed by atoms with E-state index in [1.165, 1.54) is 0 Å². The molecule has 1 aliphatic carbocycles. The molecule has 7 heteroatoms. The zero-order valence-corrected chi connectivity index (χ0v) is 14.5. The summed E-state index contributed by atoms with van der Waals surface area (Å²) in [5.41, 5.74) is 0.905. The van der Waals surface area contributed by atoms with Crippen LogP contribution < -0.4 is 10.6 Å². The third-order valence-electron chi connectivity index (χ3n) is 4.54. The average Bonchev–Trinajstić information content (AvgIpc) is 2.94. The lowest BCUT2D eigenvalue weighted by Crippen LogP contribution is -2.45. The smallest absolute Gasteiger partial charge is 0.320 e. The molecule has 25 heavy (non-hydrogen) atoms. The highest BCUT2D eigenvalue weighted by atomic mass is 16.3. The fraction of sp³-hybridized carbons (Fsp3) is 0.500. The normalized spacial score (nSPS) is 16.4. The zero-order chi connectivity index (χ0) is 17.7. The summed E-state index contributed by atoms with van der Waals surface area (Å²) < 4.78 is 1.71. The van der Waals surface area contributed by atoms with Crippen LogP contribution in [0.4, 0.5) is 10.6 Å². The van der Waals surface area contributed by atoms with Gasteiger partial charge in [0.25, 0.3) is 0 Å². The lowest BCUT2D eigenvalue weighted by molar-refractivity contribution is 0.00755. The third-order valence-corrected chi connectivity index (χ3v) is 4.54. The summed E-state index contributed by atoms with van der Waals surface area (Å²) in [5.74, 6) is 0.608. The van der Waals surface area contributed by atoms with Crippen LogP contribution in [-0.4, -0.2) is 38.0 Å². The van der Waals surface area contributed by atoms with Crippen LogP contribution in [0.25, 0.3) is 0 Å². The Kier molecular flexibility index (Phi) is 5.33. The Balaban J connectivity index is 1.59. The van der Waals surface area contributed by atoms with Gasteiger partial charge in [0.05, 0.1) is 23.5 Å². The van der Waals surface area contributed by atoms with E-state index in [4.69, 9.17) is 0 Å². The number of aryl methyl sites for hydroxylation is 1. The maximum atomic E-state index is 12.2. The number of urea groups is 1. The zero-order valence-electron chi connectivity index (χ0n) is 14.5. The highest BCUT2D eigenvalue weighted by molar-refractivity contribution is 5.88. The van der Waals surface area contributed by atoms with E-state index in [0.29, 0.717) is 12.4 Å². The van der Waals surface area contributed by atoms with E-state index in [-0.39, 0.29) is 12.6 Å². The van der Waals surface area contributed by atoms with Gasteiger partial charge in [-0.3, -0.25) is 10.3 Å². The summed E-state index contributed by atoms with van der Waals surface area (Å²) in [4.78, 5) is 16.5. The number of nitrogens with zero attached hydrogens (tertiary/aromatic N) is 3. The summed E-state index contributed by atoms with van der Waals surface area (Å²) in [5, 5.41) is 20.5. The van der Waals surface area contributed by atoms with Gasteiger partial charge in [-0.25, -0.2) is 9.48 Å². The Hall–Kier alpha value is -2.41. The monoisotopic (exact) mass is 343 g/mol. The first kappa shape index (κ1) is 17.4. The summed E-state index contributed by atoms with van der Waals surface area (Å²) >= 11 is 0. The quantitative estimate of drug-likeness (QED) is 0.777. The molecule has 2 heterocycles. The molecular formula is C18H25N5O2. The van der Waals surface area contributed by atoms with Gasteiger partial charge in [-0.15, -0.1) is 0 Å². The second-order valence-corrected chi connectivity index (χ2v) is 6.74. The fourth-order valence-electron chi connectivity index (χ4n) is 3.20. The van der Waals surface area contributed by atoms with Crippen molar-refractivity contribution >= 4 is 11.8 Å². The largest absolute Gasteiger partial charge is 0.388 e. The molecule has 1 aliphatic rings. The molecule has 134 valence electrons. The van der Waals surface area contributed by atoms with Crippen molar-refractivity contribution in [2.45, 2.75) is 51.2 Å². The number of carbonyl (C=O) groups is 1. The standard InChI is InChI=1S/C18H25N5O2/c1-14-11-16(23(22-14)12-15-7-3-6-10-19-15)21-17(24)20-13-18(25)8-4-2-5-9-18/h3,6-7,10-11,25H,2,4-5,8-9,12-13H2,1H3,(H2,20,21,24). The van der Waals surface area contributed by atoms with Crippen LogP contribution in [0.5, 0.6) is 0 Å². The van der Waals surface area contributed by atoms with Crippen molar-refractivity contribution in [1.29, 1.82) is 0 Å². The number of hydrogen-bond donors (Lipinski definition) is 3. The van der Waals surface area contributed by atoms with Crippen molar-refractivity contribution in [1.82, 2.24) is 20.1 Å². The molecule has 3 N–H and O–H groups in total. The molecule has 0 aromatic carbocycles. The molecule has 2 amide bonds. The molecule has 1 fully saturated rings. The van der Waals surface area contributed by atoms with Crippen LogP contribution in [-0.2, 0) is 6.54 Å². The van der Waals surface area contributed by atoms with Gasteiger partial charge in [-0.1, -0.05) is 25.3 Å². The van der Waals surface area contributed by atoms with Crippen LogP contribution in [0, 0.1) is 6.92 Å². The van der Waals surface area contributed by atoms with Crippen molar-refractivity contribution in [2.75, 3.05) is 11.9 Å². The van der Waals surface area contributed by atoms with Crippen LogP contribution >= 0.6 is 0 Å². The summed E-state index contributed by atoms with van der Waals surface area (Å²) in [6, 6.07) is 7.18. The van der Waals surface area contributed by atoms with Crippen molar-refractivity contribution in [2.24, 2.45) is 0 Å². The minimum absolute atomic E-state index is 0.270. The number of nitrogens with one attached hydrogen (secondary N) is 2. The fourth-order valence-corrected chi connectivity index (χ4v) is 3.20. The second-order valence-electron chi connectivity index (χ2n) is 6.74. The van der Waals surface area contributed by atoms with Gasteiger partial charge in [0.15, 0.2) is 0 Å². The van der Waals surface area contributed by atoms with Crippen molar-refractivity contribution in [3.63, 3.8) is 0 Å². The van der Waals surface area contributed by atoms with Crippen molar-refractivity contribution < 1.29 is 9.90 Å². The first-order chi connectivity index (χ1) is 12.0. The van der Waals surface area contributed by atoms with E-state index < -0.39 is 5.60 Å². The number of hydrogen-bond acceptors (Lipinski definition) is 4. The Morgan fingerprint density at radius 3 is 2.84 bits per heavy atom. The Morgan fingerprint density at radius 2 is 2.12 bits per heavy atom. The van der Waals surface area contributed by atoms with Gasteiger partial charge in [0.1, 0.15) is 5.82 Å². The summed E-state index contributed by atoms with van der Waals surface area (Å²) in [6.45, 7) is 2.63. The number of carbonyl (C=O) groups excluding carboxylic acids is 1. The summed E-state index contributed by atoms with van der Waals surface area (Å²) in [6.07, 6.45) is 6.39. The molecule has 2 aromatic heterocycles. The number of aliphatic hydroxyl groups is 1. The van der Waals surface area contributed by atoms with Crippen LogP contribution in [0.15, 0.2) is 30.5 Å². The van der Waals surface area contributed by atoms with Crippen molar-refractivity contribution in [3.8, 4) is 0 Å². The first-order valence-electron chi connectivity index (χ1n) is 8.76. The predicted octanol–water partition coefficient (Wildman–Crippen LogP) is 2.45. The van der Waals surface area contributed by atoms with E-state index >= 15 is 0 Å². The van der Waals surface area contributed by atoms with Gasteiger partial charge in [0.2, 0.25) is 0 Å². The molecule has 7 nitrogen and oxygen atoms in total. The van der Waals surface area contributed by atoms with Gasteiger partial charge >= 0.3 is 6.03 Å². The Bertz CT molecular complexity index is 708. The maximum Gasteiger partial charge on any atom is 0.320 e. The number of aromatic nitrogens is 3. The average molecular weight is 343 g/mol. The molecule has 0 radical (unpaired) electrons. The Labute approximate surface area is 147 Å². The topological polar surface area (TPSA) is 92.1 Å². The number of rotatable bonds is 5. The molecule has 0 spiro atoms. The number of pyridine rings is 1. The van der Waals surface area contributed by atoms with Crippen molar-refractivity contribution in [3.05, 3.63) is 41.9 Å². The summed E-state index contributed by atoms with van der Waals surface area (Å²) in [7, 11) is 0. The van der Waals surface area contributed by atoms with E-state index in [2.05, 4.69) is 20.7 Å². The highest BCUT2D eigenvalue weighted by Gasteiger charge is 2.29. The molecule has 0 saturated heterocycles. The SMILES string of the molecule is Cc1cc(NC(=O)NCC2(O)CCCCC2)n(Cc2ccccn2)n1. The molecule has 0 unspecified atom stereocenters. The van der Waals surface area contributed by atoms with E-state index in [1.54, 1.807) is 10.9 Å². The van der Waals surface area contributed by atoms with Crippen LogP contribution in [0.2, 0.25) is 0 Å². The molecule has 0 aliphatic heterocycles. The Morgan fingerprint density at radius 1 is 1.32 bits per heavy atom. The van der Waals surface area contributed by atoms with Gasteiger partial charge in [0, 0.05) is 18.8 Å². The number of amides is 2. The van der Waals surface area contributed by atoms with E-state index in [9.17, 15) is 9.90 Å². The minimum atomic E-state index is -0.778. The second kappa shape index (κ2) is 7.65. The highest BCUT2D eigenvalue weighted by Crippen LogP contribution is 2.27. The van der Waals surface area contributed by atoms with Crippen LogP contribution in [0.1, 0.15) is 43.5 Å². The lowest BCUT2D eigenvalue weighted by atomic mass is 9.85. The number of anilines is 1. The minimum Gasteiger partial charge on any atom is -0.388 e. The van der Waals surface area contributed by atoms with E-state index in [0.717, 1.165) is 43.5 Å².